The Kier molecular flexibility index (Phi) is 6.30. The lowest BCUT2D eigenvalue weighted by atomic mass is 9.88. The van der Waals surface area contributed by atoms with E-state index >= 15 is 0 Å². The van der Waals surface area contributed by atoms with Crippen LogP contribution in [0.25, 0.3) is 10.9 Å². The van der Waals surface area contributed by atoms with E-state index in [1.54, 1.807) is 29.8 Å². The Balaban J connectivity index is 1.71. The monoisotopic (exact) mass is 513 g/mol. The van der Waals surface area contributed by atoms with Crippen LogP contribution in [0.3, 0.4) is 0 Å². The highest BCUT2D eigenvalue weighted by Crippen LogP contribution is 2.36. The molecule has 11 heteroatoms. The first-order valence-corrected chi connectivity index (χ1v) is 11.0. The van der Waals surface area contributed by atoms with E-state index in [2.05, 4.69) is 5.32 Å². The number of amides is 1. The molecule has 1 unspecified atom stereocenters. The van der Waals surface area contributed by atoms with Crippen molar-refractivity contribution in [3.8, 4) is 0 Å². The number of carbonyl (C=O) groups is 2. The fourth-order valence-electron chi connectivity index (χ4n) is 4.47. The molecule has 2 heterocycles. The molecule has 0 saturated carbocycles. The largest absolute Gasteiger partial charge is 0.478 e. The first kappa shape index (κ1) is 24.4. The predicted octanol–water partition coefficient (Wildman–Crippen LogP) is 5.08. The summed E-state index contributed by atoms with van der Waals surface area (Å²) in [6, 6.07) is 10.7. The number of halogens is 5. The van der Waals surface area contributed by atoms with Crippen LogP contribution in [-0.4, -0.2) is 52.3 Å². The zero-order chi connectivity index (χ0) is 24.8. The molecule has 180 valence electrons. The number of nitrogens with zero attached hydrogens (tertiary/aromatic N) is 2. The van der Waals surface area contributed by atoms with Gasteiger partial charge in [-0.2, -0.15) is 13.2 Å². The molecular formula is C23H20Cl2F3N3O3. The Morgan fingerprint density at radius 2 is 1.82 bits per heavy atom. The van der Waals surface area contributed by atoms with Crippen molar-refractivity contribution in [2.45, 2.75) is 18.1 Å². The minimum atomic E-state index is -4.39. The highest BCUT2D eigenvalue weighted by Gasteiger charge is 2.44. The maximum absolute atomic E-state index is 13.4. The Morgan fingerprint density at radius 3 is 2.44 bits per heavy atom. The van der Waals surface area contributed by atoms with E-state index in [4.69, 9.17) is 23.2 Å². The zero-order valence-corrected chi connectivity index (χ0v) is 19.4. The van der Waals surface area contributed by atoms with Crippen LogP contribution in [0.5, 0.6) is 0 Å². The molecule has 1 fully saturated rings. The summed E-state index contributed by atoms with van der Waals surface area (Å²) in [5, 5.41) is 13.3. The van der Waals surface area contributed by atoms with E-state index in [9.17, 15) is 27.9 Å². The molecule has 1 aromatic heterocycles. The number of nitrogens with one attached hydrogen (secondary N) is 1. The number of aryl methyl sites for hydroxylation is 1. The molecule has 2 N–H and O–H groups in total. The summed E-state index contributed by atoms with van der Waals surface area (Å²) < 4.78 is 40.8. The van der Waals surface area contributed by atoms with Gasteiger partial charge in [0.05, 0.1) is 27.7 Å². The number of carboxylic acid groups (broad SMARTS) is 1. The minimum absolute atomic E-state index is 0.0376. The minimum Gasteiger partial charge on any atom is -0.478 e. The van der Waals surface area contributed by atoms with E-state index in [-0.39, 0.29) is 30.8 Å². The van der Waals surface area contributed by atoms with Crippen molar-refractivity contribution in [3.63, 3.8) is 0 Å². The molecule has 1 saturated heterocycles. The van der Waals surface area contributed by atoms with Gasteiger partial charge in [-0.05, 0) is 42.3 Å². The molecule has 3 aromatic rings. The molecule has 0 aliphatic carbocycles. The first-order valence-electron chi connectivity index (χ1n) is 10.3. The average molecular weight is 514 g/mol. The van der Waals surface area contributed by atoms with E-state index < -0.39 is 30.1 Å². The summed E-state index contributed by atoms with van der Waals surface area (Å²) in [4.78, 5) is 25.8. The number of likely N-dealkylation sites (tertiary alicyclic amines) is 1. The number of carbonyl (C=O) groups excluding carboxylic acids is 1. The average Bonchev–Trinajstić information content (AvgIpc) is 3.31. The van der Waals surface area contributed by atoms with Crippen molar-refractivity contribution in [3.05, 3.63) is 69.3 Å². The number of aromatic nitrogens is 1. The Morgan fingerprint density at radius 1 is 1.15 bits per heavy atom. The third kappa shape index (κ3) is 4.60. The molecule has 1 aliphatic rings. The van der Waals surface area contributed by atoms with Gasteiger partial charge in [-0.1, -0.05) is 35.3 Å². The van der Waals surface area contributed by atoms with Crippen LogP contribution in [-0.2, 0) is 12.6 Å². The fraction of sp³-hybridized carbons (Fsp3) is 0.304. The molecule has 34 heavy (non-hydrogen) atoms. The topological polar surface area (TPSA) is 74.6 Å². The summed E-state index contributed by atoms with van der Waals surface area (Å²) in [6.07, 6.45) is -4.17. The number of hydrogen-bond donors (Lipinski definition) is 2. The van der Waals surface area contributed by atoms with Gasteiger partial charge in [-0.3, -0.25) is 9.69 Å². The smallest absolute Gasteiger partial charge is 0.401 e. The second-order valence-electron chi connectivity index (χ2n) is 8.38. The van der Waals surface area contributed by atoms with Gasteiger partial charge in [0.15, 0.2) is 0 Å². The van der Waals surface area contributed by atoms with Crippen molar-refractivity contribution >= 4 is 46.0 Å². The van der Waals surface area contributed by atoms with Gasteiger partial charge in [0.1, 0.15) is 5.69 Å². The summed E-state index contributed by atoms with van der Waals surface area (Å²) >= 11 is 12.4. The van der Waals surface area contributed by atoms with Crippen LogP contribution in [0.2, 0.25) is 10.0 Å². The predicted molar refractivity (Wildman–Crippen MR) is 123 cm³/mol. The van der Waals surface area contributed by atoms with Gasteiger partial charge in [0.25, 0.3) is 5.91 Å². The molecule has 4 rings (SSSR count). The van der Waals surface area contributed by atoms with E-state index in [1.165, 1.54) is 29.2 Å². The van der Waals surface area contributed by atoms with Crippen molar-refractivity contribution in [2.24, 2.45) is 7.05 Å². The molecule has 2 aromatic carbocycles. The van der Waals surface area contributed by atoms with Crippen LogP contribution in [0.1, 0.15) is 32.8 Å². The Labute approximate surface area is 202 Å². The number of alkyl halides is 3. The fourth-order valence-corrected chi connectivity index (χ4v) is 4.85. The van der Waals surface area contributed by atoms with E-state index in [0.29, 0.717) is 26.5 Å². The second kappa shape index (κ2) is 8.79. The normalized spacial score (nSPS) is 19.0. The van der Waals surface area contributed by atoms with Gasteiger partial charge < -0.3 is 15.0 Å². The molecule has 0 bridgehead atoms. The molecule has 6 nitrogen and oxygen atoms in total. The van der Waals surface area contributed by atoms with Crippen LogP contribution in [0.4, 0.5) is 13.2 Å². The SMILES string of the molecule is Cn1c(C(=O)NC2(c3ccc(C(=O)O)cc3)CCN(CC(F)(F)F)C2)cc2c(Cl)c(Cl)ccc21. The lowest BCUT2D eigenvalue weighted by Crippen LogP contribution is -2.49. The Bertz CT molecular complexity index is 1270. The van der Waals surface area contributed by atoms with Gasteiger partial charge in [-0.15, -0.1) is 0 Å². The number of benzene rings is 2. The van der Waals surface area contributed by atoms with Crippen molar-refractivity contribution in [1.82, 2.24) is 14.8 Å². The van der Waals surface area contributed by atoms with Gasteiger partial charge in [0.2, 0.25) is 0 Å². The highest BCUT2D eigenvalue weighted by molar-refractivity contribution is 6.45. The van der Waals surface area contributed by atoms with Gasteiger partial charge >= 0.3 is 12.1 Å². The lowest BCUT2D eigenvalue weighted by molar-refractivity contribution is -0.144. The first-order chi connectivity index (χ1) is 15.9. The number of fused-ring (bicyclic) bond motifs is 1. The second-order valence-corrected chi connectivity index (χ2v) is 9.16. The number of hydrogen-bond acceptors (Lipinski definition) is 3. The van der Waals surface area contributed by atoms with Gasteiger partial charge in [-0.25, -0.2) is 4.79 Å². The quantitative estimate of drug-likeness (QED) is 0.499. The van der Waals surface area contributed by atoms with E-state index in [1.807, 2.05) is 0 Å². The third-order valence-electron chi connectivity index (χ3n) is 6.13. The van der Waals surface area contributed by atoms with Crippen molar-refractivity contribution in [1.29, 1.82) is 0 Å². The zero-order valence-electron chi connectivity index (χ0n) is 17.9. The molecular weight excluding hydrogens is 494 g/mol. The standard InChI is InChI=1S/C23H20Cl2F3N3O3/c1-30-17-7-6-16(24)19(25)15(17)10-18(30)20(32)29-22(8-9-31(11-22)12-23(26,27)28)14-4-2-13(3-5-14)21(33)34/h2-7,10H,8-9,11-12H2,1H3,(H,29,32)(H,33,34). The Hall–Kier alpha value is -2.75. The number of aromatic carboxylic acids is 1. The lowest BCUT2D eigenvalue weighted by Gasteiger charge is -2.32. The van der Waals surface area contributed by atoms with Gasteiger partial charge in [0, 0.05) is 31.0 Å². The van der Waals surface area contributed by atoms with Crippen LogP contribution < -0.4 is 5.32 Å². The van der Waals surface area contributed by atoms with Crippen LogP contribution >= 0.6 is 23.2 Å². The maximum Gasteiger partial charge on any atom is 0.401 e. The third-order valence-corrected chi connectivity index (χ3v) is 6.95. The maximum atomic E-state index is 13.4. The summed E-state index contributed by atoms with van der Waals surface area (Å²) in [5.74, 6) is -1.62. The summed E-state index contributed by atoms with van der Waals surface area (Å²) in [7, 11) is 1.68. The van der Waals surface area contributed by atoms with Crippen LogP contribution in [0, 0.1) is 0 Å². The number of carboxylic acids is 1. The summed E-state index contributed by atoms with van der Waals surface area (Å²) in [5.41, 5.74) is 0.350. The molecule has 1 aliphatic heterocycles. The molecule has 1 atom stereocenters. The van der Waals surface area contributed by atoms with Crippen molar-refractivity contribution in [2.75, 3.05) is 19.6 Å². The molecule has 0 radical (unpaired) electrons. The molecule has 0 spiro atoms. The summed E-state index contributed by atoms with van der Waals surface area (Å²) in [6.45, 7) is -1.09. The molecule has 1 amide bonds. The highest BCUT2D eigenvalue weighted by atomic mass is 35.5. The van der Waals surface area contributed by atoms with E-state index in [0.717, 1.165) is 0 Å². The van der Waals surface area contributed by atoms with Crippen LogP contribution in [0.15, 0.2) is 42.5 Å². The number of rotatable bonds is 5. The van der Waals surface area contributed by atoms with Crippen molar-refractivity contribution < 1.29 is 27.9 Å².